The summed E-state index contributed by atoms with van der Waals surface area (Å²) in [5, 5.41) is 3.11. The Bertz CT molecular complexity index is 216. The average molecular weight is 214 g/mol. The number of amides is 1. The van der Waals surface area contributed by atoms with Gasteiger partial charge in [0.25, 0.3) is 0 Å². The lowest BCUT2D eigenvalue weighted by molar-refractivity contribution is -0.137. The van der Waals surface area contributed by atoms with Crippen molar-refractivity contribution in [1.82, 2.24) is 10.2 Å². The molecule has 4 heteroatoms. The van der Waals surface area contributed by atoms with Gasteiger partial charge in [0.2, 0.25) is 5.91 Å². The molecule has 0 radical (unpaired) electrons. The van der Waals surface area contributed by atoms with E-state index in [1.54, 1.807) is 0 Å². The molecule has 1 amide bonds. The van der Waals surface area contributed by atoms with E-state index in [-0.39, 0.29) is 6.04 Å². The second kappa shape index (κ2) is 4.53. The van der Waals surface area contributed by atoms with Crippen LogP contribution in [0.15, 0.2) is 0 Å². The van der Waals surface area contributed by atoms with Crippen LogP contribution in [0.1, 0.15) is 19.3 Å². The fraction of sp³-hybridized carbons (Fsp3) is 0.900. The molecule has 80 valence electrons. The van der Waals surface area contributed by atoms with Crippen molar-refractivity contribution in [2.45, 2.75) is 31.3 Å². The quantitative estimate of drug-likeness (QED) is 0.734. The van der Waals surface area contributed by atoms with Crippen molar-refractivity contribution in [2.75, 3.05) is 25.1 Å². The number of nitrogens with zero attached hydrogens (tertiary/aromatic N) is 1. The van der Waals surface area contributed by atoms with Gasteiger partial charge in [0.1, 0.15) is 0 Å². The van der Waals surface area contributed by atoms with Crippen LogP contribution in [0, 0.1) is 0 Å². The van der Waals surface area contributed by atoms with Crippen molar-refractivity contribution < 1.29 is 4.79 Å². The zero-order valence-corrected chi connectivity index (χ0v) is 9.48. The van der Waals surface area contributed by atoms with Crippen LogP contribution in [0.4, 0.5) is 0 Å². The van der Waals surface area contributed by atoms with Crippen molar-refractivity contribution in [3.63, 3.8) is 0 Å². The maximum absolute atomic E-state index is 12.0. The van der Waals surface area contributed by atoms with Crippen LogP contribution >= 0.6 is 11.8 Å². The Kier molecular flexibility index (Phi) is 3.34. The van der Waals surface area contributed by atoms with E-state index < -0.39 is 0 Å². The second-order valence-corrected chi connectivity index (χ2v) is 5.18. The fourth-order valence-electron chi connectivity index (χ4n) is 2.30. The molecule has 0 spiro atoms. The van der Waals surface area contributed by atoms with Gasteiger partial charge >= 0.3 is 0 Å². The Morgan fingerprint density at radius 2 is 2.36 bits per heavy atom. The average Bonchev–Trinajstić information content (AvgIpc) is 2.71. The molecule has 1 N–H and O–H groups in total. The highest BCUT2D eigenvalue weighted by atomic mass is 32.2. The van der Waals surface area contributed by atoms with Crippen molar-refractivity contribution in [1.29, 1.82) is 0 Å². The molecule has 2 saturated heterocycles. The van der Waals surface area contributed by atoms with E-state index in [1.807, 2.05) is 18.8 Å². The SMILES string of the molecule is CNC1CCCN(C2CCSC2)C1=O. The summed E-state index contributed by atoms with van der Waals surface area (Å²) in [6.45, 7) is 0.974. The zero-order chi connectivity index (χ0) is 9.97. The van der Waals surface area contributed by atoms with Gasteiger partial charge in [-0.1, -0.05) is 0 Å². The van der Waals surface area contributed by atoms with E-state index in [9.17, 15) is 4.79 Å². The van der Waals surface area contributed by atoms with Crippen LogP contribution in [-0.2, 0) is 4.79 Å². The Labute approximate surface area is 89.6 Å². The lowest BCUT2D eigenvalue weighted by Crippen LogP contribution is -2.53. The third-order valence-corrected chi connectivity index (χ3v) is 4.31. The van der Waals surface area contributed by atoms with Crippen LogP contribution in [0.25, 0.3) is 0 Å². The summed E-state index contributed by atoms with van der Waals surface area (Å²) in [5.41, 5.74) is 0. The minimum Gasteiger partial charge on any atom is -0.338 e. The van der Waals surface area contributed by atoms with Gasteiger partial charge in [0.05, 0.1) is 6.04 Å². The number of likely N-dealkylation sites (tertiary alicyclic amines) is 1. The third-order valence-electron chi connectivity index (χ3n) is 3.17. The number of piperidine rings is 1. The largest absolute Gasteiger partial charge is 0.338 e. The molecule has 2 atom stereocenters. The molecule has 0 aromatic rings. The van der Waals surface area contributed by atoms with Crippen molar-refractivity contribution >= 4 is 17.7 Å². The smallest absolute Gasteiger partial charge is 0.239 e. The van der Waals surface area contributed by atoms with E-state index in [1.165, 1.54) is 12.2 Å². The molecule has 2 unspecified atom stereocenters. The van der Waals surface area contributed by atoms with E-state index in [0.29, 0.717) is 11.9 Å². The first-order chi connectivity index (χ1) is 6.83. The minimum absolute atomic E-state index is 0.0781. The van der Waals surface area contributed by atoms with Gasteiger partial charge in [-0.3, -0.25) is 4.79 Å². The Hall–Kier alpha value is -0.220. The highest BCUT2D eigenvalue weighted by Crippen LogP contribution is 2.25. The van der Waals surface area contributed by atoms with Crippen molar-refractivity contribution in [3.8, 4) is 0 Å². The summed E-state index contributed by atoms with van der Waals surface area (Å²) in [6.07, 6.45) is 3.34. The summed E-state index contributed by atoms with van der Waals surface area (Å²) >= 11 is 1.97. The number of nitrogens with one attached hydrogen (secondary N) is 1. The first kappa shape index (κ1) is 10.3. The van der Waals surface area contributed by atoms with Gasteiger partial charge < -0.3 is 10.2 Å². The number of thioether (sulfide) groups is 1. The standard InChI is InChI=1S/C10H18N2OS/c1-11-9-3-2-5-12(10(9)13)8-4-6-14-7-8/h8-9,11H,2-7H2,1H3. The third kappa shape index (κ3) is 1.91. The normalized spacial score (nSPS) is 33.8. The number of carbonyl (C=O) groups is 1. The highest BCUT2D eigenvalue weighted by molar-refractivity contribution is 7.99. The lowest BCUT2D eigenvalue weighted by atomic mass is 10.0. The number of likely N-dealkylation sites (N-methyl/N-ethyl adjacent to an activating group) is 1. The molecule has 0 bridgehead atoms. The Morgan fingerprint density at radius 3 is 3.00 bits per heavy atom. The van der Waals surface area contributed by atoms with E-state index in [2.05, 4.69) is 10.2 Å². The molecule has 0 aromatic heterocycles. The van der Waals surface area contributed by atoms with Gasteiger partial charge in [0, 0.05) is 18.3 Å². The first-order valence-electron chi connectivity index (χ1n) is 5.38. The molecule has 2 aliphatic heterocycles. The maximum atomic E-state index is 12.0. The second-order valence-electron chi connectivity index (χ2n) is 4.03. The number of hydrogen-bond acceptors (Lipinski definition) is 3. The van der Waals surface area contributed by atoms with Crippen LogP contribution in [0.5, 0.6) is 0 Å². The first-order valence-corrected chi connectivity index (χ1v) is 6.54. The van der Waals surface area contributed by atoms with Gasteiger partial charge in [-0.15, -0.1) is 0 Å². The topological polar surface area (TPSA) is 32.3 Å². The maximum Gasteiger partial charge on any atom is 0.239 e. The molecule has 0 aliphatic carbocycles. The lowest BCUT2D eigenvalue weighted by Gasteiger charge is -2.36. The molecule has 2 rings (SSSR count). The van der Waals surface area contributed by atoms with E-state index in [4.69, 9.17) is 0 Å². The van der Waals surface area contributed by atoms with Crippen LogP contribution in [0.2, 0.25) is 0 Å². The summed E-state index contributed by atoms with van der Waals surface area (Å²) in [5.74, 6) is 2.69. The molecule has 0 aromatic carbocycles. The zero-order valence-electron chi connectivity index (χ0n) is 8.66. The van der Waals surface area contributed by atoms with Gasteiger partial charge in [-0.2, -0.15) is 11.8 Å². The molecule has 2 aliphatic rings. The Morgan fingerprint density at radius 1 is 1.50 bits per heavy atom. The fourth-order valence-corrected chi connectivity index (χ4v) is 3.52. The summed E-state index contributed by atoms with van der Waals surface area (Å²) in [7, 11) is 1.88. The van der Waals surface area contributed by atoms with Crippen molar-refractivity contribution in [2.24, 2.45) is 0 Å². The molecule has 2 fully saturated rings. The predicted octanol–water partition coefficient (Wildman–Crippen LogP) is 0.702. The van der Waals surface area contributed by atoms with Gasteiger partial charge in [-0.25, -0.2) is 0 Å². The molecule has 0 saturated carbocycles. The van der Waals surface area contributed by atoms with Crippen LogP contribution in [0.3, 0.4) is 0 Å². The van der Waals surface area contributed by atoms with E-state index >= 15 is 0 Å². The monoisotopic (exact) mass is 214 g/mol. The molecular weight excluding hydrogens is 196 g/mol. The molecule has 14 heavy (non-hydrogen) atoms. The van der Waals surface area contributed by atoms with Crippen LogP contribution in [-0.4, -0.2) is 48.0 Å². The summed E-state index contributed by atoms with van der Waals surface area (Å²) in [4.78, 5) is 14.1. The molecule has 2 heterocycles. The van der Waals surface area contributed by atoms with E-state index in [0.717, 1.165) is 25.1 Å². The summed E-state index contributed by atoms with van der Waals surface area (Å²) in [6, 6.07) is 0.595. The number of hydrogen-bond donors (Lipinski definition) is 1. The number of carbonyl (C=O) groups excluding carboxylic acids is 1. The molecule has 3 nitrogen and oxygen atoms in total. The predicted molar refractivity (Wildman–Crippen MR) is 59.5 cm³/mol. The van der Waals surface area contributed by atoms with Crippen LogP contribution < -0.4 is 5.32 Å². The highest BCUT2D eigenvalue weighted by Gasteiger charge is 2.33. The van der Waals surface area contributed by atoms with Crippen molar-refractivity contribution in [3.05, 3.63) is 0 Å². The van der Waals surface area contributed by atoms with Gasteiger partial charge in [-0.05, 0) is 32.1 Å². The van der Waals surface area contributed by atoms with Gasteiger partial charge in [0.15, 0.2) is 0 Å². The summed E-state index contributed by atoms with van der Waals surface area (Å²) < 4.78 is 0. The minimum atomic E-state index is 0.0781. The number of rotatable bonds is 2. The molecular formula is C10H18N2OS. The Balaban J connectivity index is 1.99.